The van der Waals surface area contributed by atoms with Crippen molar-refractivity contribution in [3.05, 3.63) is 30.1 Å². The molecule has 1 aliphatic carbocycles. The number of methoxy groups -OCH3 is 1. The van der Waals surface area contributed by atoms with Crippen LogP contribution in [0.5, 0.6) is 5.75 Å². The van der Waals surface area contributed by atoms with Crippen molar-refractivity contribution in [2.75, 3.05) is 12.9 Å². The molecular formula is C22H32N4O2S. The van der Waals surface area contributed by atoms with E-state index >= 15 is 0 Å². The van der Waals surface area contributed by atoms with Crippen LogP contribution in [0.25, 0.3) is 5.69 Å². The van der Waals surface area contributed by atoms with Crippen LogP contribution in [0.15, 0.2) is 29.4 Å². The number of amides is 1. The smallest absolute Gasteiger partial charge is 0.230 e. The first kappa shape index (κ1) is 21.7. The van der Waals surface area contributed by atoms with Crippen LogP contribution in [0, 0.1) is 18.3 Å². The summed E-state index contributed by atoms with van der Waals surface area (Å²) in [6.07, 6.45) is 4.70. The first-order chi connectivity index (χ1) is 13.8. The van der Waals surface area contributed by atoms with E-state index in [0.29, 0.717) is 11.7 Å². The summed E-state index contributed by atoms with van der Waals surface area (Å²) in [6, 6.07) is 8.01. The minimum Gasteiger partial charge on any atom is -0.497 e. The van der Waals surface area contributed by atoms with Gasteiger partial charge in [-0.05, 0) is 55.4 Å². The summed E-state index contributed by atoms with van der Waals surface area (Å²) in [6.45, 7) is 8.74. The molecular weight excluding hydrogens is 384 g/mol. The van der Waals surface area contributed by atoms with E-state index in [4.69, 9.17) is 4.74 Å². The van der Waals surface area contributed by atoms with Crippen molar-refractivity contribution in [3.63, 3.8) is 0 Å². The van der Waals surface area contributed by atoms with Crippen LogP contribution in [-0.4, -0.2) is 39.6 Å². The number of carbonyl (C=O) groups excluding carboxylic acids is 1. The number of benzene rings is 1. The molecule has 7 heteroatoms. The molecule has 0 bridgehead atoms. The lowest BCUT2D eigenvalue weighted by Gasteiger charge is -2.40. The maximum absolute atomic E-state index is 12.7. The minimum atomic E-state index is 0.0677. The molecule has 0 saturated heterocycles. The molecule has 3 rings (SSSR count). The van der Waals surface area contributed by atoms with Gasteiger partial charge in [-0.25, -0.2) is 0 Å². The van der Waals surface area contributed by atoms with Crippen molar-refractivity contribution < 1.29 is 9.53 Å². The second-order valence-corrected chi connectivity index (χ2v) is 9.73. The average Bonchev–Trinajstić information content (AvgIpc) is 3.06. The van der Waals surface area contributed by atoms with Gasteiger partial charge in [0.15, 0.2) is 5.16 Å². The van der Waals surface area contributed by atoms with E-state index in [1.807, 2.05) is 35.8 Å². The summed E-state index contributed by atoms with van der Waals surface area (Å²) in [7, 11) is 1.65. The standard InChI is InChI=1S/C22H32N4O2S/c1-15-24-25-21(26(15)16-10-12-17(28-5)13-11-16)29-14-20(27)23-19-9-7-6-8-18(19)22(2,3)4/h10-13,18-19H,6-9,14H2,1-5H3,(H,23,27). The van der Waals surface area contributed by atoms with E-state index in [2.05, 4.69) is 36.3 Å². The zero-order valence-corrected chi connectivity index (χ0v) is 18.9. The van der Waals surface area contributed by atoms with Crippen molar-refractivity contribution in [2.45, 2.75) is 64.6 Å². The van der Waals surface area contributed by atoms with Crippen molar-refractivity contribution in [3.8, 4) is 11.4 Å². The third-order valence-electron chi connectivity index (χ3n) is 5.68. The van der Waals surface area contributed by atoms with Crippen LogP contribution < -0.4 is 10.1 Å². The van der Waals surface area contributed by atoms with E-state index in [1.54, 1.807) is 7.11 Å². The highest BCUT2D eigenvalue weighted by molar-refractivity contribution is 7.99. The third-order valence-corrected chi connectivity index (χ3v) is 6.61. The van der Waals surface area contributed by atoms with Gasteiger partial charge >= 0.3 is 0 Å². The van der Waals surface area contributed by atoms with Gasteiger partial charge in [-0.15, -0.1) is 10.2 Å². The molecule has 0 spiro atoms. The second-order valence-electron chi connectivity index (χ2n) is 8.78. The van der Waals surface area contributed by atoms with Gasteiger partial charge in [0, 0.05) is 11.7 Å². The largest absolute Gasteiger partial charge is 0.497 e. The Labute approximate surface area is 177 Å². The Morgan fingerprint density at radius 2 is 1.90 bits per heavy atom. The molecule has 2 atom stereocenters. The average molecular weight is 417 g/mol. The fraction of sp³-hybridized carbons (Fsp3) is 0.591. The number of nitrogens with zero attached hydrogens (tertiary/aromatic N) is 3. The summed E-state index contributed by atoms with van der Waals surface area (Å²) >= 11 is 1.42. The molecule has 158 valence electrons. The number of nitrogens with one attached hydrogen (secondary N) is 1. The maximum atomic E-state index is 12.7. The predicted octanol–water partition coefficient (Wildman–Crippen LogP) is 4.40. The van der Waals surface area contributed by atoms with Crippen LogP contribution in [0.1, 0.15) is 52.3 Å². The lowest BCUT2D eigenvalue weighted by molar-refractivity contribution is -0.120. The lowest BCUT2D eigenvalue weighted by atomic mass is 9.69. The fourth-order valence-corrected chi connectivity index (χ4v) is 4.99. The highest BCUT2D eigenvalue weighted by Crippen LogP contribution is 2.38. The number of rotatable bonds is 6. The van der Waals surface area contributed by atoms with Gasteiger partial charge in [-0.2, -0.15) is 0 Å². The van der Waals surface area contributed by atoms with Gasteiger partial charge in [0.1, 0.15) is 11.6 Å². The normalized spacial score (nSPS) is 19.8. The Kier molecular flexibility index (Phi) is 6.88. The molecule has 0 radical (unpaired) electrons. The number of aryl methyl sites for hydroxylation is 1. The molecule has 1 heterocycles. The van der Waals surface area contributed by atoms with Crippen LogP contribution in [-0.2, 0) is 4.79 Å². The molecule has 29 heavy (non-hydrogen) atoms. The molecule has 1 fully saturated rings. The molecule has 1 aliphatic rings. The molecule has 1 aromatic carbocycles. The van der Waals surface area contributed by atoms with Gasteiger partial charge < -0.3 is 10.1 Å². The molecule has 2 unspecified atom stereocenters. The maximum Gasteiger partial charge on any atom is 0.230 e. The van der Waals surface area contributed by atoms with Crippen molar-refractivity contribution >= 4 is 17.7 Å². The predicted molar refractivity (Wildman–Crippen MR) is 117 cm³/mol. The lowest BCUT2D eigenvalue weighted by Crippen LogP contribution is -2.47. The molecule has 1 aromatic heterocycles. The van der Waals surface area contributed by atoms with E-state index in [9.17, 15) is 4.79 Å². The molecule has 0 aliphatic heterocycles. The van der Waals surface area contributed by atoms with E-state index in [0.717, 1.165) is 28.8 Å². The topological polar surface area (TPSA) is 69.0 Å². The first-order valence-electron chi connectivity index (χ1n) is 10.3. The zero-order valence-electron chi connectivity index (χ0n) is 18.1. The highest BCUT2D eigenvalue weighted by Gasteiger charge is 2.34. The zero-order chi connectivity index (χ0) is 21.0. The summed E-state index contributed by atoms with van der Waals surface area (Å²) in [5, 5.41) is 12.5. The Bertz CT molecular complexity index is 826. The van der Waals surface area contributed by atoms with E-state index < -0.39 is 0 Å². The number of aromatic nitrogens is 3. The van der Waals surface area contributed by atoms with Gasteiger partial charge in [0.2, 0.25) is 5.91 Å². The molecule has 1 amide bonds. The Morgan fingerprint density at radius 3 is 2.55 bits per heavy atom. The van der Waals surface area contributed by atoms with Crippen LogP contribution in [0.3, 0.4) is 0 Å². The Morgan fingerprint density at radius 1 is 1.21 bits per heavy atom. The molecule has 1 saturated carbocycles. The number of hydrogen-bond acceptors (Lipinski definition) is 5. The minimum absolute atomic E-state index is 0.0677. The molecule has 6 nitrogen and oxygen atoms in total. The second kappa shape index (κ2) is 9.20. The fourth-order valence-electron chi connectivity index (χ4n) is 4.18. The van der Waals surface area contributed by atoms with Crippen LogP contribution >= 0.6 is 11.8 Å². The van der Waals surface area contributed by atoms with Gasteiger partial charge in [0.25, 0.3) is 0 Å². The van der Waals surface area contributed by atoms with Gasteiger partial charge in [-0.3, -0.25) is 9.36 Å². The summed E-state index contributed by atoms with van der Waals surface area (Å²) in [5.74, 6) is 2.52. The number of thioether (sulfide) groups is 1. The number of hydrogen-bond donors (Lipinski definition) is 1. The van der Waals surface area contributed by atoms with Gasteiger partial charge in [0.05, 0.1) is 12.9 Å². The summed E-state index contributed by atoms with van der Waals surface area (Å²) < 4.78 is 7.20. The Hall–Kier alpha value is -2.02. The van der Waals surface area contributed by atoms with Crippen molar-refractivity contribution in [1.82, 2.24) is 20.1 Å². The van der Waals surface area contributed by atoms with Crippen LogP contribution in [0.2, 0.25) is 0 Å². The SMILES string of the molecule is COc1ccc(-n2c(C)nnc2SCC(=O)NC2CCCCC2C(C)(C)C)cc1. The van der Waals surface area contributed by atoms with Gasteiger partial charge in [-0.1, -0.05) is 45.4 Å². The Balaban J connectivity index is 1.65. The van der Waals surface area contributed by atoms with E-state index in [1.165, 1.54) is 31.0 Å². The first-order valence-corrected chi connectivity index (χ1v) is 11.3. The summed E-state index contributed by atoms with van der Waals surface area (Å²) in [4.78, 5) is 12.7. The van der Waals surface area contributed by atoms with E-state index in [-0.39, 0.29) is 17.4 Å². The van der Waals surface area contributed by atoms with Crippen molar-refractivity contribution in [2.24, 2.45) is 11.3 Å². The third kappa shape index (κ3) is 5.32. The quantitative estimate of drug-likeness (QED) is 0.707. The van der Waals surface area contributed by atoms with Crippen LogP contribution in [0.4, 0.5) is 0 Å². The number of carbonyl (C=O) groups is 1. The highest BCUT2D eigenvalue weighted by atomic mass is 32.2. The summed E-state index contributed by atoms with van der Waals surface area (Å²) in [5.41, 5.74) is 1.16. The van der Waals surface area contributed by atoms with Crippen molar-refractivity contribution in [1.29, 1.82) is 0 Å². The number of ether oxygens (including phenoxy) is 1. The monoisotopic (exact) mass is 416 g/mol. The molecule has 2 aromatic rings. The molecule has 1 N–H and O–H groups in total.